The smallest absolute Gasteiger partial charge is 0.313 e. The van der Waals surface area contributed by atoms with E-state index in [-0.39, 0.29) is 29.4 Å². The fourth-order valence-electron chi connectivity index (χ4n) is 1.65. The first-order valence-electron chi connectivity index (χ1n) is 4.75. The van der Waals surface area contributed by atoms with Gasteiger partial charge in [0, 0.05) is 12.3 Å². The van der Waals surface area contributed by atoms with Gasteiger partial charge < -0.3 is 9.47 Å². The molecule has 0 bridgehead atoms. The highest BCUT2D eigenvalue weighted by atomic mass is 16.6. The number of esters is 2. The predicted octanol–water partition coefficient (Wildman–Crippen LogP) is 1.14. The van der Waals surface area contributed by atoms with E-state index in [9.17, 15) is 9.59 Å². The highest BCUT2D eigenvalue weighted by molar-refractivity contribution is 5.79. The first-order valence-corrected chi connectivity index (χ1v) is 4.75. The van der Waals surface area contributed by atoms with Crippen LogP contribution in [0.3, 0.4) is 0 Å². The predicted molar refractivity (Wildman–Crippen MR) is 49.5 cm³/mol. The molecule has 0 amide bonds. The second-order valence-corrected chi connectivity index (χ2v) is 4.08. The van der Waals surface area contributed by atoms with Crippen molar-refractivity contribution in [1.29, 1.82) is 0 Å². The molecule has 1 saturated carbocycles. The molecule has 1 aliphatic carbocycles. The van der Waals surface area contributed by atoms with Crippen LogP contribution in [-0.2, 0) is 19.1 Å². The number of rotatable bonds is 3. The quantitative estimate of drug-likeness (QED) is 0.641. The van der Waals surface area contributed by atoms with Crippen molar-refractivity contribution in [2.24, 2.45) is 11.3 Å². The van der Waals surface area contributed by atoms with Gasteiger partial charge in [-0.2, -0.15) is 0 Å². The van der Waals surface area contributed by atoms with Gasteiger partial charge >= 0.3 is 11.9 Å². The van der Waals surface area contributed by atoms with E-state index in [0.717, 1.165) is 0 Å². The van der Waals surface area contributed by atoms with Gasteiger partial charge in [-0.3, -0.25) is 9.59 Å². The Labute approximate surface area is 83.6 Å². The summed E-state index contributed by atoms with van der Waals surface area (Å²) < 4.78 is 9.90. The second-order valence-electron chi connectivity index (χ2n) is 4.08. The Morgan fingerprint density at radius 3 is 2.36 bits per heavy atom. The van der Waals surface area contributed by atoms with Crippen LogP contribution in [-0.4, -0.2) is 24.6 Å². The molecule has 4 heteroatoms. The molecule has 0 heterocycles. The molecule has 1 rings (SSSR count). The summed E-state index contributed by atoms with van der Waals surface area (Å²) in [6, 6.07) is 0. The van der Waals surface area contributed by atoms with Gasteiger partial charge in [-0.25, -0.2) is 0 Å². The van der Waals surface area contributed by atoms with E-state index in [1.165, 1.54) is 6.92 Å². The Bertz CT molecular complexity index is 257. The van der Waals surface area contributed by atoms with Gasteiger partial charge in [-0.05, 0) is 6.92 Å². The summed E-state index contributed by atoms with van der Waals surface area (Å²) in [6.07, 6.45) is -0.320. The van der Waals surface area contributed by atoms with Crippen molar-refractivity contribution in [3.05, 3.63) is 0 Å². The van der Waals surface area contributed by atoms with Crippen LogP contribution in [0.15, 0.2) is 0 Å². The number of hydrogen-bond acceptors (Lipinski definition) is 4. The third-order valence-electron chi connectivity index (χ3n) is 2.56. The van der Waals surface area contributed by atoms with Crippen LogP contribution >= 0.6 is 0 Å². The molecular weight excluding hydrogens is 184 g/mol. The number of carbonyl (C=O) groups is 2. The SMILES string of the molecule is CCOC(=O)C1C(OC(C)=O)C1(C)C. The second kappa shape index (κ2) is 3.59. The van der Waals surface area contributed by atoms with Gasteiger partial charge in [0.05, 0.1) is 6.61 Å². The van der Waals surface area contributed by atoms with Gasteiger partial charge in [0.25, 0.3) is 0 Å². The Hall–Kier alpha value is -1.06. The van der Waals surface area contributed by atoms with E-state index in [2.05, 4.69) is 0 Å². The normalized spacial score (nSPS) is 28.0. The van der Waals surface area contributed by atoms with Crippen molar-refractivity contribution in [1.82, 2.24) is 0 Å². The molecule has 80 valence electrons. The summed E-state index contributed by atoms with van der Waals surface area (Å²) in [5, 5.41) is 0. The van der Waals surface area contributed by atoms with Crippen LogP contribution in [0.5, 0.6) is 0 Å². The van der Waals surface area contributed by atoms with Crippen molar-refractivity contribution >= 4 is 11.9 Å². The largest absolute Gasteiger partial charge is 0.466 e. The van der Waals surface area contributed by atoms with Gasteiger partial charge in [-0.15, -0.1) is 0 Å². The molecule has 0 aliphatic heterocycles. The van der Waals surface area contributed by atoms with E-state index in [4.69, 9.17) is 9.47 Å². The molecule has 1 aliphatic rings. The zero-order chi connectivity index (χ0) is 10.9. The molecule has 0 radical (unpaired) electrons. The first kappa shape index (κ1) is 11.0. The van der Waals surface area contributed by atoms with Crippen LogP contribution < -0.4 is 0 Å². The molecule has 2 unspecified atom stereocenters. The Morgan fingerprint density at radius 1 is 1.36 bits per heavy atom. The van der Waals surface area contributed by atoms with E-state index in [1.807, 2.05) is 13.8 Å². The monoisotopic (exact) mass is 200 g/mol. The molecule has 1 fully saturated rings. The zero-order valence-corrected chi connectivity index (χ0v) is 8.99. The minimum absolute atomic E-state index is 0.274. The average Bonchev–Trinajstić information content (AvgIpc) is 2.52. The maximum absolute atomic E-state index is 11.4. The van der Waals surface area contributed by atoms with E-state index < -0.39 is 0 Å². The van der Waals surface area contributed by atoms with Gasteiger partial charge in [0.1, 0.15) is 12.0 Å². The van der Waals surface area contributed by atoms with Crippen LogP contribution in [0.25, 0.3) is 0 Å². The standard InChI is InChI=1S/C10H16O4/c1-5-13-9(12)7-8(10(7,3)4)14-6(2)11/h7-8H,5H2,1-4H3. The molecule has 0 N–H and O–H groups in total. The fraction of sp³-hybridized carbons (Fsp3) is 0.800. The number of ether oxygens (including phenoxy) is 2. The minimum Gasteiger partial charge on any atom is -0.466 e. The average molecular weight is 200 g/mol. The van der Waals surface area contributed by atoms with E-state index >= 15 is 0 Å². The van der Waals surface area contributed by atoms with Gasteiger partial charge in [-0.1, -0.05) is 13.8 Å². The molecule has 0 spiro atoms. The van der Waals surface area contributed by atoms with E-state index in [1.54, 1.807) is 6.92 Å². The van der Waals surface area contributed by atoms with Crippen molar-refractivity contribution in [2.75, 3.05) is 6.61 Å². The maximum atomic E-state index is 11.4. The number of carbonyl (C=O) groups excluding carboxylic acids is 2. The zero-order valence-electron chi connectivity index (χ0n) is 8.99. The van der Waals surface area contributed by atoms with Crippen LogP contribution in [0.2, 0.25) is 0 Å². The molecule has 0 saturated heterocycles. The molecule has 0 aromatic rings. The molecular formula is C10H16O4. The molecule has 0 aromatic heterocycles. The van der Waals surface area contributed by atoms with Crippen molar-refractivity contribution in [3.63, 3.8) is 0 Å². The Kier molecular flexibility index (Phi) is 2.83. The van der Waals surface area contributed by atoms with E-state index in [0.29, 0.717) is 6.61 Å². The van der Waals surface area contributed by atoms with Crippen LogP contribution in [0, 0.1) is 11.3 Å². The lowest BCUT2D eigenvalue weighted by atomic mass is 10.1. The summed E-state index contributed by atoms with van der Waals surface area (Å²) in [6.45, 7) is 7.24. The number of hydrogen-bond donors (Lipinski definition) is 0. The van der Waals surface area contributed by atoms with Gasteiger partial charge in [0.15, 0.2) is 0 Å². The first-order chi connectivity index (χ1) is 6.41. The lowest BCUT2D eigenvalue weighted by Crippen LogP contribution is -2.12. The van der Waals surface area contributed by atoms with Crippen LogP contribution in [0.1, 0.15) is 27.7 Å². The summed E-state index contributed by atoms with van der Waals surface area (Å²) in [7, 11) is 0. The third kappa shape index (κ3) is 1.89. The molecule has 14 heavy (non-hydrogen) atoms. The summed E-state index contributed by atoms with van der Waals surface area (Å²) in [5.41, 5.74) is -0.280. The topological polar surface area (TPSA) is 52.6 Å². The summed E-state index contributed by atoms with van der Waals surface area (Å²) in [5.74, 6) is -0.926. The molecule has 4 nitrogen and oxygen atoms in total. The molecule has 2 atom stereocenters. The summed E-state index contributed by atoms with van der Waals surface area (Å²) in [4.78, 5) is 22.1. The maximum Gasteiger partial charge on any atom is 0.313 e. The third-order valence-corrected chi connectivity index (χ3v) is 2.56. The lowest BCUT2D eigenvalue weighted by molar-refractivity contribution is -0.148. The van der Waals surface area contributed by atoms with Gasteiger partial charge in [0.2, 0.25) is 0 Å². The van der Waals surface area contributed by atoms with Crippen molar-refractivity contribution in [2.45, 2.75) is 33.8 Å². The lowest BCUT2D eigenvalue weighted by Gasteiger charge is -2.00. The minimum atomic E-state index is -0.352. The molecule has 0 aromatic carbocycles. The highest BCUT2D eigenvalue weighted by Gasteiger charge is 2.65. The van der Waals surface area contributed by atoms with Crippen LogP contribution in [0.4, 0.5) is 0 Å². The van der Waals surface area contributed by atoms with Crippen molar-refractivity contribution in [3.8, 4) is 0 Å². The fourth-order valence-corrected chi connectivity index (χ4v) is 1.65. The Morgan fingerprint density at radius 2 is 1.93 bits per heavy atom. The summed E-state index contributed by atoms with van der Waals surface area (Å²) >= 11 is 0. The highest BCUT2D eigenvalue weighted by Crippen LogP contribution is 2.54. The van der Waals surface area contributed by atoms with Crippen molar-refractivity contribution < 1.29 is 19.1 Å². The Balaban J connectivity index is 2.56.